The number of primary amides is 1. The number of fused-ring (bicyclic) bond motifs is 1. The van der Waals surface area contributed by atoms with E-state index in [1.165, 1.54) is 5.69 Å². The third-order valence-corrected chi connectivity index (χ3v) is 6.47. The number of aromatic nitrogens is 3. The molecule has 1 saturated heterocycles. The molecule has 3 N–H and O–H groups in total. The Balaban J connectivity index is 1.40. The lowest BCUT2D eigenvalue weighted by Crippen LogP contribution is -2.36. The molecule has 2 aromatic heterocycles. The number of nitrogens with two attached hydrogens (primary N) is 1. The lowest BCUT2D eigenvalue weighted by molar-refractivity contribution is -0.122. The van der Waals surface area contributed by atoms with E-state index < -0.39 is 0 Å². The van der Waals surface area contributed by atoms with Crippen molar-refractivity contribution in [1.82, 2.24) is 15.0 Å². The molecule has 1 aliphatic heterocycles. The Bertz CT molecular complexity index is 1090. The van der Waals surface area contributed by atoms with E-state index in [1.807, 2.05) is 6.07 Å². The molecule has 0 atom stereocenters. The van der Waals surface area contributed by atoms with Gasteiger partial charge in [0.15, 0.2) is 5.82 Å². The molecule has 32 heavy (non-hydrogen) atoms. The summed E-state index contributed by atoms with van der Waals surface area (Å²) < 4.78 is 5.45. The van der Waals surface area contributed by atoms with Crippen LogP contribution in [0.1, 0.15) is 25.7 Å². The molecule has 5 rings (SSSR count). The Hall–Kier alpha value is -3.26. The van der Waals surface area contributed by atoms with E-state index >= 15 is 0 Å². The highest BCUT2D eigenvalue weighted by atomic mass is 16.5. The van der Waals surface area contributed by atoms with Gasteiger partial charge in [0.1, 0.15) is 5.52 Å². The standard InChI is InChI=1S/C24H28N6O2/c25-23(31)17-1-5-18(6-2-17)28-24-22-21(26-9-10-27-22)15-20(29-24)16-3-7-19(8-4-16)30-11-13-32-14-12-30/h3-4,7-10,15,17-18H,1-2,5-6,11-14H2,(H2,25,31)(H,28,29)/t17-,18+. The van der Waals surface area contributed by atoms with Crippen molar-refractivity contribution < 1.29 is 9.53 Å². The first-order valence-corrected chi connectivity index (χ1v) is 11.3. The molecule has 166 valence electrons. The molecular formula is C24H28N6O2. The minimum atomic E-state index is -0.194. The number of hydrogen-bond donors (Lipinski definition) is 2. The Morgan fingerprint density at radius 2 is 1.75 bits per heavy atom. The third kappa shape index (κ3) is 4.36. The van der Waals surface area contributed by atoms with Crippen LogP contribution in [-0.2, 0) is 9.53 Å². The second kappa shape index (κ2) is 9.08. The Kier molecular flexibility index (Phi) is 5.85. The fourth-order valence-electron chi connectivity index (χ4n) is 4.60. The van der Waals surface area contributed by atoms with Gasteiger partial charge in [-0.25, -0.2) is 9.97 Å². The van der Waals surface area contributed by atoms with Gasteiger partial charge in [0.25, 0.3) is 0 Å². The van der Waals surface area contributed by atoms with Crippen molar-refractivity contribution in [2.45, 2.75) is 31.7 Å². The summed E-state index contributed by atoms with van der Waals surface area (Å²) in [4.78, 5) is 27.8. The fourth-order valence-corrected chi connectivity index (χ4v) is 4.60. The lowest BCUT2D eigenvalue weighted by Gasteiger charge is -2.29. The number of nitrogens with one attached hydrogen (secondary N) is 1. The van der Waals surface area contributed by atoms with Gasteiger partial charge in [-0.3, -0.25) is 9.78 Å². The predicted molar refractivity (Wildman–Crippen MR) is 124 cm³/mol. The van der Waals surface area contributed by atoms with Crippen LogP contribution in [-0.4, -0.2) is 53.2 Å². The second-order valence-corrected chi connectivity index (χ2v) is 8.52. The minimum Gasteiger partial charge on any atom is -0.378 e. The van der Waals surface area contributed by atoms with E-state index in [0.717, 1.165) is 80.1 Å². The van der Waals surface area contributed by atoms with Crippen LogP contribution in [0, 0.1) is 5.92 Å². The smallest absolute Gasteiger partial charge is 0.220 e. The Morgan fingerprint density at radius 1 is 1.03 bits per heavy atom. The molecule has 0 unspecified atom stereocenters. The number of nitrogens with zero attached hydrogens (tertiary/aromatic N) is 4. The number of benzene rings is 1. The predicted octanol–water partition coefficient (Wildman–Crippen LogP) is 2.98. The zero-order valence-electron chi connectivity index (χ0n) is 18.0. The number of carbonyl (C=O) groups excluding carboxylic acids is 1. The van der Waals surface area contributed by atoms with Crippen molar-refractivity contribution in [2.24, 2.45) is 11.7 Å². The van der Waals surface area contributed by atoms with Crippen LogP contribution >= 0.6 is 0 Å². The summed E-state index contributed by atoms with van der Waals surface area (Å²) in [7, 11) is 0. The summed E-state index contributed by atoms with van der Waals surface area (Å²) in [6.07, 6.45) is 6.77. The maximum absolute atomic E-state index is 11.5. The van der Waals surface area contributed by atoms with Gasteiger partial charge in [-0.2, -0.15) is 0 Å². The molecule has 1 saturated carbocycles. The van der Waals surface area contributed by atoms with E-state index in [4.69, 9.17) is 15.5 Å². The molecule has 8 nitrogen and oxygen atoms in total. The van der Waals surface area contributed by atoms with E-state index in [1.54, 1.807) is 12.4 Å². The number of carbonyl (C=O) groups is 1. The largest absolute Gasteiger partial charge is 0.378 e. The number of amides is 1. The van der Waals surface area contributed by atoms with Gasteiger partial charge in [-0.15, -0.1) is 0 Å². The number of rotatable bonds is 5. The molecule has 3 heterocycles. The zero-order valence-corrected chi connectivity index (χ0v) is 18.0. The van der Waals surface area contributed by atoms with E-state index in [9.17, 15) is 4.79 Å². The minimum absolute atomic E-state index is 0.0196. The summed E-state index contributed by atoms with van der Waals surface area (Å²) in [6.45, 7) is 3.36. The highest BCUT2D eigenvalue weighted by molar-refractivity contribution is 5.88. The van der Waals surface area contributed by atoms with Crippen molar-refractivity contribution in [1.29, 1.82) is 0 Å². The van der Waals surface area contributed by atoms with Gasteiger partial charge in [0.2, 0.25) is 5.91 Å². The normalized spacial score (nSPS) is 21.4. The molecule has 0 radical (unpaired) electrons. The molecular weight excluding hydrogens is 404 g/mol. The summed E-state index contributed by atoms with van der Waals surface area (Å²) in [5.74, 6) is 0.527. The molecule has 8 heteroatoms. The summed E-state index contributed by atoms with van der Waals surface area (Å²) >= 11 is 0. The van der Waals surface area contributed by atoms with Gasteiger partial charge in [0.05, 0.1) is 24.4 Å². The molecule has 1 aliphatic carbocycles. The molecule has 2 aliphatic rings. The highest BCUT2D eigenvalue weighted by Crippen LogP contribution is 2.30. The number of ether oxygens (including phenoxy) is 1. The Labute approximate surface area is 187 Å². The molecule has 1 aromatic carbocycles. The van der Waals surface area contributed by atoms with Crippen molar-refractivity contribution in [3.63, 3.8) is 0 Å². The molecule has 3 aromatic rings. The molecule has 1 amide bonds. The van der Waals surface area contributed by atoms with Gasteiger partial charge in [-0.05, 0) is 43.9 Å². The van der Waals surface area contributed by atoms with Crippen LogP contribution in [0.5, 0.6) is 0 Å². The van der Waals surface area contributed by atoms with Crippen LogP contribution in [0.15, 0.2) is 42.7 Å². The quantitative estimate of drug-likeness (QED) is 0.638. The second-order valence-electron chi connectivity index (χ2n) is 8.52. The van der Waals surface area contributed by atoms with Gasteiger partial charge in [-0.1, -0.05) is 12.1 Å². The summed E-state index contributed by atoms with van der Waals surface area (Å²) in [5, 5.41) is 3.57. The van der Waals surface area contributed by atoms with Crippen LogP contribution in [0.4, 0.5) is 11.5 Å². The number of hydrogen-bond acceptors (Lipinski definition) is 7. The van der Waals surface area contributed by atoms with E-state index in [0.29, 0.717) is 0 Å². The monoisotopic (exact) mass is 432 g/mol. The molecule has 2 fully saturated rings. The SMILES string of the molecule is NC(=O)[C@H]1CC[C@@H](Nc2nc(-c3ccc(N4CCOCC4)cc3)cc3nccnc23)CC1. The maximum Gasteiger partial charge on any atom is 0.220 e. The first-order valence-electron chi connectivity index (χ1n) is 11.3. The first-order chi connectivity index (χ1) is 15.7. The van der Waals surface area contributed by atoms with Crippen molar-refractivity contribution in [2.75, 3.05) is 36.5 Å². The van der Waals surface area contributed by atoms with Gasteiger partial charge < -0.3 is 20.7 Å². The fraction of sp³-hybridized carbons (Fsp3) is 0.417. The van der Waals surface area contributed by atoms with Crippen molar-refractivity contribution in [3.8, 4) is 11.3 Å². The number of anilines is 2. The highest BCUT2D eigenvalue weighted by Gasteiger charge is 2.25. The average Bonchev–Trinajstić information content (AvgIpc) is 2.85. The maximum atomic E-state index is 11.5. The third-order valence-electron chi connectivity index (χ3n) is 6.47. The summed E-state index contributed by atoms with van der Waals surface area (Å²) in [6, 6.07) is 10.7. The molecule has 0 bridgehead atoms. The topological polar surface area (TPSA) is 106 Å². The Morgan fingerprint density at radius 3 is 2.47 bits per heavy atom. The van der Waals surface area contributed by atoms with Crippen LogP contribution in [0.2, 0.25) is 0 Å². The van der Waals surface area contributed by atoms with Crippen LogP contribution in [0.25, 0.3) is 22.3 Å². The van der Waals surface area contributed by atoms with E-state index in [-0.39, 0.29) is 17.9 Å². The number of morpholine rings is 1. The van der Waals surface area contributed by atoms with Crippen molar-refractivity contribution >= 4 is 28.4 Å². The lowest BCUT2D eigenvalue weighted by atomic mass is 9.85. The average molecular weight is 433 g/mol. The van der Waals surface area contributed by atoms with E-state index in [2.05, 4.69) is 44.5 Å². The van der Waals surface area contributed by atoms with Gasteiger partial charge >= 0.3 is 0 Å². The number of pyridine rings is 1. The van der Waals surface area contributed by atoms with Crippen LogP contribution in [0.3, 0.4) is 0 Å². The first kappa shape index (κ1) is 20.6. The zero-order chi connectivity index (χ0) is 21.9. The summed E-state index contributed by atoms with van der Waals surface area (Å²) in [5.41, 5.74) is 10.1. The van der Waals surface area contributed by atoms with Gasteiger partial charge in [0, 0.05) is 48.7 Å². The molecule has 0 spiro atoms. The van der Waals surface area contributed by atoms with Crippen LogP contribution < -0.4 is 16.0 Å². The van der Waals surface area contributed by atoms with Crippen molar-refractivity contribution in [3.05, 3.63) is 42.7 Å².